The molecule has 1 heterocycles. The summed E-state index contributed by atoms with van der Waals surface area (Å²) in [5.74, 6) is 0.414. The first-order valence-electron chi connectivity index (χ1n) is 6.51. The van der Waals surface area contributed by atoms with E-state index in [1.54, 1.807) is 0 Å². The lowest BCUT2D eigenvalue weighted by atomic mass is 9.94. The van der Waals surface area contributed by atoms with Crippen LogP contribution in [0, 0.1) is 5.92 Å². The van der Waals surface area contributed by atoms with E-state index >= 15 is 0 Å². The molecule has 2 amide bonds. The van der Waals surface area contributed by atoms with Crippen LogP contribution in [-0.4, -0.2) is 37.5 Å². The Kier molecular flexibility index (Phi) is 4.36. The average Bonchev–Trinajstić information content (AvgIpc) is 3.12. The molecule has 0 radical (unpaired) electrons. The van der Waals surface area contributed by atoms with Crippen molar-refractivity contribution in [2.45, 2.75) is 38.1 Å². The summed E-state index contributed by atoms with van der Waals surface area (Å²) in [7, 11) is 0. The number of nitrogens with one attached hydrogen (secondary N) is 3. The van der Waals surface area contributed by atoms with E-state index in [0.29, 0.717) is 18.4 Å². The molecule has 17 heavy (non-hydrogen) atoms. The van der Waals surface area contributed by atoms with Crippen molar-refractivity contribution in [2.24, 2.45) is 5.92 Å². The highest BCUT2D eigenvalue weighted by atomic mass is 16.2. The first kappa shape index (κ1) is 12.4. The predicted octanol–water partition coefficient (Wildman–Crippen LogP) is -0.229. The Bertz CT molecular complexity index is 283. The standard InChI is InChI=1S/C12H21N3O2/c16-11(7-9-3-5-13-6-4-9)14-8-12(17)15-10-1-2-10/h9-10,13H,1-8H2,(H,14,16)(H,15,17). The molecule has 0 atom stereocenters. The van der Waals surface area contributed by atoms with Crippen molar-refractivity contribution in [1.29, 1.82) is 0 Å². The van der Waals surface area contributed by atoms with Gasteiger partial charge in [-0.05, 0) is 44.7 Å². The molecule has 0 aromatic rings. The van der Waals surface area contributed by atoms with Crippen LogP contribution >= 0.6 is 0 Å². The zero-order chi connectivity index (χ0) is 12.1. The number of hydrogen-bond donors (Lipinski definition) is 3. The molecule has 0 aromatic carbocycles. The van der Waals surface area contributed by atoms with Gasteiger partial charge in [0.2, 0.25) is 11.8 Å². The van der Waals surface area contributed by atoms with E-state index in [0.717, 1.165) is 38.8 Å². The van der Waals surface area contributed by atoms with E-state index in [1.807, 2.05) is 0 Å². The number of amides is 2. The Hall–Kier alpha value is -1.10. The summed E-state index contributed by atoms with van der Waals surface area (Å²) < 4.78 is 0. The zero-order valence-corrected chi connectivity index (χ0v) is 10.1. The molecule has 96 valence electrons. The van der Waals surface area contributed by atoms with Crippen LogP contribution < -0.4 is 16.0 Å². The molecule has 1 aliphatic carbocycles. The molecule has 0 spiro atoms. The van der Waals surface area contributed by atoms with Gasteiger partial charge in [0.05, 0.1) is 6.54 Å². The van der Waals surface area contributed by atoms with Gasteiger partial charge in [0.25, 0.3) is 0 Å². The minimum absolute atomic E-state index is 0.00264. The first-order chi connectivity index (χ1) is 8.24. The number of hydrogen-bond acceptors (Lipinski definition) is 3. The summed E-state index contributed by atoms with van der Waals surface area (Å²) in [5, 5.41) is 8.81. The van der Waals surface area contributed by atoms with Gasteiger partial charge >= 0.3 is 0 Å². The van der Waals surface area contributed by atoms with Crippen LogP contribution in [0.1, 0.15) is 32.1 Å². The number of carbonyl (C=O) groups excluding carboxylic acids is 2. The van der Waals surface area contributed by atoms with Crippen molar-refractivity contribution in [2.75, 3.05) is 19.6 Å². The number of rotatable bonds is 5. The van der Waals surface area contributed by atoms with Gasteiger partial charge in [-0.1, -0.05) is 0 Å². The fraction of sp³-hybridized carbons (Fsp3) is 0.833. The van der Waals surface area contributed by atoms with Gasteiger partial charge in [-0.15, -0.1) is 0 Å². The fourth-order valence-corrected chi connectivity index (χ4v) is 2.11. The lowest BCUT2D eigenvalue weighted by molar-refractivity contribution is -0.126. The van der Waals surface area contributed by atoms with Crippen molar-refractivity contribution in [1.82, 2.24) is 16.0 Å². The highest BCUT2D eigenvalue weighted by Crippen LogP contribution is 2.18. The second-order valence-electron chi connectivity index (χ2n) is 5.02. The average molecular weight is 239 g/mol. The SMILES string of the molecule is O=C(CC1CCNCC1)NCC(=O)NC1CC1. The Morgan fingerprint density at radius 1 is 1.06 bits per heavy atom. The smallest absolute Gasteiger partial charge is 0.239 e. The molecule has 0 aromatic heterocycles. The van der Waals surface area contributed by atoms with E-state index in [4.69, 9.17) is 0 Å². The van der Waals surface area contributed by atoms with Gasteiger partial charge < -0.3 is 16.0 Å². The summed E-state index contributed by atoms with van der Waals surface area (Å²) >= 11 is 0. The Labute approximate surface area is 102 Å². The van der Waals surface area contributed by atoms with Crippen LogP contribution in [0.5, 0.6) is 0 Å². The van der Waals surface area contributed by atoms with Gasteiger partial charge in [0.15, 0.2) is 0 Å². The van der Waals surface area contributed by atoms with Crippen molar-refractivity contribution in [3.8, 4) is 0 Å². The van der Waals surface area contributed by atoms with E-state index < -0.39 is 0 Å². The normalized spacial score (nSPS) is 20.9. The minimum Gasteiger partial charge on any atom is -0.352 e. The third-order valence-corrected chi connectivity index (χ3v) is 3.32. The predicted molar refractivity (Wildman–Crippen MR) is 64.4 cm³/mol. The van der Waals surface area contributed by atoms with Crippen molar-refractivity contribution >= 4 is 11.8 Å². The highest BCUT2D eigenvalue weighted by molar-refractivity contribution is 5.85. The quantitative estimate of drug-likeness (QED) is 0.621. The molecular weight excluding hydrogens is 218 g/mol. The van der Waals surface area contributed by atoms with Gasteiger partial charge in [0, 0.05) is 12.5 Å². The molecule has 1 saturated carbocycles. The van der Waals surface area contributed by atoms with Crippen LogP contribution in [0.4, 0.5) is 0 Å². The highest BCUT2D eigenvalue weighted by Gasteiger charge is 2.23. The van der Waals surface area contributed by atoms with E-state index in [-0.39, 0.29) is 18.4 Å². The number of piperidine rings is 1. The van der Waals surface area contributed by atoms with Crippen LogP contribution in [0.25, 0.3) is 0 Å². The molecule has 1 saturated heterocycles. The third-order valence-electron chi connectivity index (χ3n) is 3.32. The second-order valence-corrected chi connectivity index (χ2v) is 5.02. The largest absolute Gasteiger partial charge is 0.352 e. The van der Waals surface area contributed by atoms with Crippen LogP contribution in [0.3, 0.4) is 0 Å². The number of carbonyl (C=O) groups is 2. The van der Waals surface area contributed by atoms with Gasteiger partial charge in [-0.3, -0.25) is 9.59 Å². The Morgan fingerprint density at radius 3 is 2.41 bits per heavy atom. The lowest BCUT2D eigenvalue weighted by Crippen LogP contribution is -2.39. The van der Waals surface area contributed by atoms with Gasteiger partial charge in [-0.2, -0.15) is 0 Å². The summed E-state index contributed by atoms with van der Waals surface area (Å²) in [6.45, 7) is 2.13. The summed E-state index contributed by atoms with van der Waals surface area (Å²) in [6, 6.07) is 0.365. The molecule has 1 aliphatic heterocycles. The van der Waals surface area contributed by atoms with Gasteiger partial charge in [0.1, 0.15) is 0 Å². The molecule has 2 rings (SSSR count). The van der Waals surface area contributed by atoms with Crippen LogP contribution in [0.15, 0.2) is 0 Å². The molecule has 5 nitrogen and oxygen atoms in total. The van der Waals surface area contributed by atoms with Crippen LogP contribution in [-0.2, 0) is 9.59 Å². The van der Waals surface area contributed by atoms with Gasteiger partial charge in [-0.25, -0.2) is 0 Å². The molecule has 5 heteroatoms. The van der Waals surface area contributed by atoms with E-state index in [2.05, 4.69) is 16.0 Å². The van der Waals surface area contributed by atoms with Crippen molar-refractivity contribution < 1.29 is 9.59 Å². The lowest BCUT2D eigenvalue weighted by Gasteiger charge is -2.21. The van der Waals surface area contributed by atoms with E-state index in [9.17, 15) is 9.59 Å². The van der Waals surface area contributed by atoms with Crippen molar-refractivity contribution in [3.05, 3.63) is 0 Å². The summed E-state index contributed by atoms with van der Waals surface area (Å²) in [6.07, 6.45) is 4.82. The topological polar surface area (TPSA) is 70.2 Å². The first-order valence-corrected chi connectivity index (χ1v) is 6.51. The molecule has 0 bridgehead atoms. The minimum atomic E-state index is -0.0637. The summed E-state index contributed by atoms with van der Waals surface area (Å²) in [4.78, 5) is 23.0. The molecule has 0 unspecified atom stereocenters. The molecule has 2 fully saturated rings. The second kappa shape index (κ2) is 6.00. The third kappa shape index (κ3) is 4.73. The van der Waals surface area contributed by atoms with Crippen molar-refractivity contribution in [3.63, 3.8) is 0 Å². The monoisotopic (exact) mass is 239 g/mol. The maximum Gasteiger partial charge on any atom is 0.239 e. The summed E-state index contributed by atoms with van der Waals surface area (Å²) in [5.41, 5.74) is 0. The maximum absolute atomic E-state index is 11.6. The van der Waals surface area contributed by atoms with Crippen LogP contribution in [0.2, 0.25) is 0 Å². The Morgan fingerprint density at radius 2 is 1.76 bits per heavy atom. The fourth-order valence-electron chi connectivity index (χ4n) is 2.11. The molecule has 2 aliphatic rings. The molecular formula is C12H21N3O2. The molecule has 3 N–H and O–H groups in total. The maximum atomic E-state index is 11.6. The Balaban J connectivity index is 1.57. The zero-order valence-electron chi connectivity index (χ0n) is 10.1. The van der Waals surface area contributed by atoms with E-state index in [1.165, 1.54) is 0 Å².